The van der Waals surface area contributed by atoms with Crippen molar-refractivity contribution >= 4 is 28.9 Å². The lowest BCUT2D eigenvalue weighted by Crippen LogP contribution is -2.52. The van der Waals surface area contributed by atoms with Crippen LogP contribution < -0.4 is 9.64 Å². The molecule has 2 aromatic rings. The van der Waals surface area contributed by atoms with Gasteiger partial charge in [-0.2, -0.15) is 0 Å². The standard InChI is InChI=1S/C24H30N2O5S/c1-15(24(28)31-18-7-5-4-6-8-18)26-20-13-17(9-10-21(20)30-16(2)23(26)27)19-14-32-22(25-19)11-12-29-3/h9-10,13-16,18H,4-8,11-12H2,1-3H3. The Morgan fingerprint density at radius 1 is 1.31 bits per heavy atom. The Kier molecular flexibility index (Phi) is 7.10. The third-order valence-electron chi connectivity index (χ3n) is 6.04. The zero-order valence-corrected chi connectivity index (χ0v) is 19.7. The van der Waals surface area contributed by atoms with Gasteiger partial charge < -0.3 is 14.2 Å². The number of esters is 1. The summed E-state index contributed by atoms with van der Waals surface area (Å²) in [6, 6.07) is 4.91. The van der Waals surface area contributed by atoms with Crippen LogP contribution in [-0.2, 0) is 25.5 Å². The average molecular weight is 459 g/mol. The molecule has 172 valence electrons. The van der Waals surface area contributed by atoms with Crippen LogP contribution >= 0.6 is 11.3 Å². The van der Waals surface area contributed by atoms with Gasteiger partial charge in [0.2, 0.25) is 0 Å². The Bertz CT molecular complexity index is 969. The highest BCUT2D eigenvalue weighted by atomic mass is 32.1. The van der Waals surface area contributed by atoms with Gasteiger partial charge in [0.15, 0.2) is 6.10 Å². The summed E-state index contributed by atoms with van der Waals surface area (Å²) in [6.45, 7) is 4.04. The maximum atomic E-state index is 13.1. The fourth-order valence-corrected chi connectivity index (χ4v) is 5.01. The summed E-state index contributed by atoms with van der Waals surface area (Å²) in [4.78, 5) is 32.2. The third kappa shape index (κ3) is 4.81. The number of hydrogen-bond acceptors (Lipinski definition) is 7. The van der Waals surface area contributed by atoms with E-state index < -0.39 is 12.1 Å². The molecular weight excluding hydrogens is 428 g/mol. The number of carbonyl (C=O) groups is 2. The Labute approximate surface area is 192 Å². The van der Waals surface area contributed by atoms with Crippen LogP contribution in [0.2, 0.25) is 0 Å². The maximum Gasteiger partial charge on any atom is 0.329 e. The van der Waals surface area contributed by atoms with Crippen molar-refractivity contribution < 1.29 is 23.8 Å². The molecular formula is C24H30N2O5S. The quantitative estimate of drug-likeness (QED) is 0.573. The van der Waals surface area contributed by atoms with Crippen LogP contribution in [0, 0.1) is 0 Å². The van der Waals surface area contributed by atoms with E-state index >= 15 is 0 Å². The maximum absolute atomic E-state index is 13.1. The monoisotopic (exact) mass is 458 g/mol. The van der Waals surface area contributed by atoms with Gasteiger partial charge in [-0.05, 0) is 57.7 Å². The fraction of sp³-hybridized carbons (Fsp3) is 0.542. The first kappa shape index (κ1) is 22.7. The lowest BCUT2D eigenvalue weighted by Gasteiger charge is -2.36. The Hall–Kier alpha value is -2.45. The lowest BCUT2D eigenvalue weighted by atomic mass is 9.98. The SMILES string of the molecule is COCCc1nc(-c2ccc3c(c2)N(C(C)C(=O)OC2CCCCC2)C(=O)C(C)O3)cs1. The number of anilines is 1. The predicted molar refractivity (Wildman–Crippen MR) is 123 cm³/mol. The van der Waals surface area contributed by atoms with E-state index in [1.165, 1.54) is 11.3 Å². The molecule has 4 rings (SSSR count). The molecule has 2 atom stereocenters. The van der Waals surface area contributed by atoms with Crippen LogP contribution in [0.1, 0.15) is 51.0 Å². The molecule has 2 heterocycles. The summed E-state index contributed by atoms with van der Waals surface area (Å²) in [5, 5.41) is 2.98. The molecule has 2 aliphatic rings. The Morgan fingerprint density at radius 2 is 2.09 bits per heavy atom. The highest BCUT2D eigenvalue weighted by Crippen LogP contribution is 2.39. The Morgan fingerprint density at radius 3 is 2.84 bits per heavy atom. The molecule has 1 amide bonds. The van der Waals surface area contributed by atoms with Crippen molar-refractivity contribution in [2.75, 3.05) is 18.6 Å². The highest BCUT2D eigenvalue weighted by Gasteiger charge is 2.38. The van der Waals surface area contributed by atoms with E-state index in [0.717, 1.165) is 48.4 Å². The van der Waals surface area contributed by atoms with Gasteiger partial charge in [0.1, 0.15) is 17.9 Å². The van der Waals surface area contributed by atoms with Gasteiger partial charge in [0, 0.05) is 24.5 Å². The zero-order chi connectivity index (χ0) is 22.7. The minimum atomic E-state index is -0.738. The number of carbonyl (C=O) groups excluding carboxylic acids is 2. The first-order valence-corrected chi connectivity index (χ1v) is 12.1. The normalized spacial score (nSPS) is 19.9. The number of ether oxygens (including phenoxy) is 3. The number of methoxy groups -OCH3 is 1. The molecule has 2 unspecified atom stereocenters. The average Bonchev–Trinajstić information content (AvgIpc) is 3.27. The number of fused-ring (bicyclic) bond motifs is 1. The van der Waals surface area contributed by atoms with Crippen molar-refractivity contribution in [1.29, 1.82) is 0 Å². The van der Waals surface area contributed by atoms with E-state index in [9.17, 15) is 9.59 Å². The summed E-state index contributed by atoms with van der Waals surface area (Å²) in [5.74, 6) is -0.0407. The molecule has 1 aromatic carbocycles. The van der Waals surface area contributed by atoms with Crippen LogP contribution in [0.5, 0.6) is 5.75 Å². The van der Waals surface area contributed by atoms with E-state index in [2.05, 4.69) is 4.98 Å². The summed E-state index contributed by atoms with van der Waals surface area (Å²) >= 11 is 1.58. The van der Waals surface area contributed by atoms with Gasteiger partial charge in [0.05, 0.1) is 23.0 Å². The van der Waals surface area contributed by atoms with Crippen LogP contribution in [-0.4, -0.2) is 48.8 Å². The van der Waals surface area contributed by atoms with Crippen LogP contribution in [0.4, 0.5) is 5.69 Å². The number of rotatable bonds is 7. The van der Waals surface area contributed by atoms with Crippen molar-refractivity contribution in [2.24, 2.45) is 0 Å². The first-order valence-electron chi connectivity index (χ1n) is 11.3. The van der Waals surface area contributed by atoms with Crippen molar-refractivity contribution in [3.05, 3.63) is 28.6 Å². The van der Waals surface area contributed by atoms with Crippen LogP contribution in [0.15, 0.2) is 23.6 Å². The van der Waals surface area contributed by atoms with Gasteiger partial charge in [-0.25, -0.2) is 9.78 Å². The first-order chi connectivity index (χ1) is 15.5. The minimum Gasteiger partial charge on any atom is -0.479 e. The van der Waals surface area contributed by atoms with Crippen molar-refractivity contribution in [3.63, 3.8) is 0 Å². The summed E-state index contributed by atoms with van der Waals surface area (Å²) < 4.78 is 16.7. The van der Waals surface area contributed by atoms with E-state index in [1.807, 2.05) is 23.6 Å². The molecule has 0 radical (unpaired) electrons. The Balaban J connectivity index is 1.59. The predicted octanol–water partition coefficient (Wildman–Crippen LogP) is 4.38. The second-order valence-electron chi connectivity index (χ2n) is 8.39. The van der Waals surface area contributed by atoms with Gasteiger partial charge in [0.25, 0.3) is 5.91 Å². The fourth-order valence-electron chi connectivity index (χ4n) is 4.22. The number of benzene rings is 1. The van der Waals surface area contributed by atoms with Gasteiger partial charge in [-0.15, -0.1) is 11.3 Å². The van der Waals surface area contributed by atoms with Crippen molar-refractivity contribution in [1.82, 2.24) is 4.98 Å². The molecule has 1 aliphatic carbocycles. The summed E-state index contributed by atoms with van der Waals surface area (Å²) in [7, 11) is 1.67. The highest BCUT2D eigenvalue weighted by molar-refractivity contribution is 7.09. The molecule has 32 heavy (non-hydrogen) atoms. The largest absolute Gasteiger partial charge is 0.479 e. The number of aromatic nitrogens is 1. The molecule has 7 nitrogen and oxygen atoms in total. The lowest BCUT2D eigenvalue weighted by molar-refractivity contribution is -0.153. The van der Waals surface area contributed by atoms with E-state index in [1.54, 1.807) is 32.3 Å². The molecule has 1 saturated carbocycles. The third-order valence-corrected chi connectivity index (χ3v) is 6.95. The van der Waals surface area contributed by atoms with Crippen LogP contribution in [0.3, 0.4) is 0 Å². The van der Waals surface area contributed by atoms with E-state index in [-0.39, 0.29) is 18.0 Å². The van der Waals surface area contributed by atoms with Crippen molar-refractivity contribution in [2.45, 2.75) is 70.6 Å². The van der Waals surface area contributed by atoms with Gasteiger partial charge in [-0.1, -0.05) is 6.42 Å². The summed E-state index contributed by atoms with van der Waals surface area (Å²) in [6.07, 6.45) is 5.14. The number of thiazole rings is 1. The number of amides is 1. The molecule has 0 N–H and O–H groups in total. The topological polar surface area (TPSA) is 78.0 Å². The molecule has 0 saturated heterocycles. The van der Waals surface area contributed by atoms with Crippen molar-refractivity contribution in [3.8, 4) is 17.0 Å². The minimum absolute atomic E-state index is 0.0569. The smallest absolute Gasteiger partial charge is 0.329 e. The molecule has 0 spiro atoms. The second kappa shape index (κ2) is 10.0. The van der Waals surface area contributed by atoms with Gasteiger partial charge in [-0.3, -0.25) is 9.69 Å². The summed E-state index contributed by atoms with van der Waals surface area (Å²) in [5.41, 5.74) is 2.27. The molecule has 1 aliphatic heterocycles. The second-order valence-corrected chi connectivity index (χ2v) is 9.34. The van der Waals surface area contributed by atoms with Gasteiger partial charge >= 0.3 is 5.97 Å². The number of nitrogens with zero attached hydrogens (tertiary/aromatic N) is 2. The van der Waals surface area contributed by atoms with E-state index in [0.29, 0.717) is 18.0 Å². The number of hydrogen-bond donors (Lipinski definition) is 0. The van der Waals surface area contributed by atoms with Crippen LogP contribution in [0.25, 0.3) is 11.3 Å². The molecule has 1 aromatic heterocycles. The van der Waals surface area contributed by atoms with E-state index in [4.69, 9.17) is 14.2 Å². The molecule has 1 fully saturated rings. The molecule has 0 bridgehead atoms. The molecule has 8 heteroatoms. The zero-order valence-electron chi connectivity index (χ0n) is 18.8.